The highest BCUT2D eigenvalue weighted by molar-refractivity contribution is 5.76. The molecule has 2 aliphatic heterocycles. The molecule has 2 aliphatic rings. The average Bonchev–Trinajstić information content (AvgIpc) is 2.79. The Morgan fingerprint density at radius 3 is 2.44 bits per heavy atom. The van der Waals surface area contributed by atoms with Crippen LogP contribution in [0.25, 0.3) is 0 Å². The van der Waals surface area contributed by atoms with Gasteiger partial charge < -0.3 is 14.9 Å². The lowest BCUT2D eigenvalue weighted by Crippen LogP contribution is -2.48. The number of aliphatic hydroxyl groups excluding tert-OH is 1. The molecule has 0 saturated carbocycles. The molecule has 0 aliphatic carbocycles. The van der Waals surface area contributed by atoms with Gasteiger partial charge in [0.1, 0.15) is 0 Å². The topological polar surface area (TPSA) is 68.3 Å². The number of hydrogen-bond donors (Lipinski definition) is 2. The van der Waals surface area contributed by atoms with Crippen LogP contribution in [0, 0.1) is 0 Å². The second kappa shape index (κ2) is 11.6. The van der Waals surface area contributed by atoms with Gasteiger partial charge in [0, 0.05) is 70.9 Å². The molecule has 32 heavy (non-hydrogen) atoms. The van der Waals surface area contributed by atoms with Crippen molar-refractivity contribution in [1.29, 1.82) is 0 Å². The first-order valence-electron chi connectivity index (χ1n) is 10.9. The highest BCUT2D eigenvalue weighted by atomic mass is 19.4. The van der Waals surface area contributed by atoms with Crippen molar-refractivity contribution in [2.45, 2.75) is 25.6 Å². The molecule has 3 rings (SSSR count). The van der Waals surface area contributed by atoms with Gasteiger partial charge in [-0.3, -0.25) is 20.0 Å². The number of carbonyl (C=O) groups excluding carboxylic acids is 1. The first-order chi connectivity index (χ1) is 15.3. The van der Waals surface area contributed by atoms with Crippen LogP contribution in [0.15, 0.2) is 36.0 Å². The number of nitrogens with zero attached hydrogens (tertiary/aromatic N) is 3. The number of hydroxylamine groups is 1. The Balaban J connectivity index is 1.34. The smallest absolute Gasteiger partial charge is 0.395 e. The molecule has 1 aromatic carbocycles. The number of piperazine rings is 1. The van der Waals surface area contributed by atoms with Gasteiger partial charge in [-0.15, -0.1) is 0 Å². The Morgan fingerprint density at radius 1 is 1.09 bits per heavy atom. The summed E-state index contributed by atoms with van der Waals surface area (Å²) in [6, 6.07) is 5.05. The molecule has 1 fully saturated rings. The van der Waals surface area contributed by atoms with Crippen LogP contribution in [-0.2, 0) is 22.4 Å². The van der Waals surface area contributed by atoms with Crippen molar-refractivity contribution in [3.05, 3.63) is 47.2 Å². The molecule has 2 N–H and O–H groups in total. The largest absolute Gasteiger partial charge is 0.416 e. The molecule has 1 amide bonds. The van der Waals surface area contributed by atoms with Gasteiger partial charge in [-0.05, 0) is 23.8 Å². The average molecular weight is 457 g/mol. The summed E-state index contributed by atoms with van der Waals surface area (Å²) in [6.07, 6.45) is -1.42. The molecule has 1 saturated heterocycles. The summed E-state index contributed by atoms with van der Waals surface area (Å²) in [5, 5.41) is 9.00. The summed E-state index contributed by atoms with van der Waals surface area (Å²) in [4.78, 5) is 24.2. The molecule has 178 valence electrons. The number of alkyl halides is 3. The minimum absolute atomic E-state index is 0.00940. The van der Waals surface area contributed by atoms with Gasteiger partial charge in [0.15, 0.2) is 0 Å². The standard InChI is InChI=1S/C22H31F3N4O3/c23-22(24,25)19-3-1-2-18(16-19)17-32-26-20-4-8-29(9-5-20)21(31)6-7-27-10-12-28(13-11-27)14-15-30/h1-4,16,26,30H,5-15,17H2. The number of amides is 1. The zero-order valence-electron chi connectivity index (χ0n) is 18.1. The number of rotatable bonds is 9. The van der Waals surface area contributed by atoms with Gasteiger partial charge in [-0.25, -0.2) is 0 Å². The van der Waals surface area contributed by atoms with E-state index in [-0.39, 0.29) is 19.1 Å². The first kappa shape index (κ1) is 24.5. The third-order valence-electron chi connectivity index (χ3n) is 5.78. The summed E-state index contributed by atoms with van der Waals surface area (Å²) in [5.41, 5.74) is 3.35. The van der Waals surface area contributed by atoms with E-state index in [2.05, 4.69) is 15.3 Å². The van der Waals surface area contributed by atoms with Crippen molar-refractivity contribution in [3.8, 4) is 0 Å². The van der Waals surface area contributed by atoms with Crippen molar-refractivity contribution in [2.24, 2.45) is 0 Å². The summed E-state index contributed by atoms with van der Waals surface area (Å²) in [7, 11) is 0. The summed E-state index contributed by atoms with van der Waals surface area (Å²) >= 11 is 0. The number of halogens is 3. The summed E-state index contributed by atoms with van der Waals surface area (Å²) in [5.74, 6) is 0.114. The van der Waals surface area contributed by atoms with Crippen LogP contribution < -0.4 is 5.48 Å². The fraction of sp³-hybridized carbons (Fsp3) is 0.591. The predicted molar refractivity (Wildman–Crippen MR) is 113 cm³/mol. The van der Waals surface area contributed by atoms with E-state index in [0.29, 0.717) is 38.0 Å². The van der Waals surface area contributed by atoms with Crippen LogP contribution in [0.3, 0.4) is 0 Å². The molecule has 0 atom stereocenters. The molecular weight excluding hydrogens is 425 g/mol. The number of aliphatic hydroxyl groups is 1. The van der Waals surface area contributed by atoms with Gasteiger partial charge in [0.25, 0.3) is 0 Å². The molecule has 0 unspecified atom stereocenters. The number of nitrogens with one attached hydrogen (secondary N) is 1. The van der Waals surface area contributed by atoms with Crippen LogP contribution in [0.4, 0.5) is 13.2 Å². The Kier molecular flexibility index (Phi) is 8.92. The Bertz CT molecular complexity index is 780. The normalized spacial score (nSPS) is 18.5. The zero-order valence-corrected chi connectivity index (χ0v) is 18.1. The van der Waals surface area contributed by atoms with Gasteiger partial charge in [0.05, 0.1) is 18.8 Å². The maximum absolute atomic E-state index is 12.8. The SMILES string of the molecule is O=C(CCN1CCN(CCO)CC1)N1CC=C(NOCc2cccc(C(F)(F)F)c2)CC1. The Hall–Kier alpha value is -2.14. The number of benzene rings is 1. The molecule has 10 heteroatoms. The lowest BCUT2D eigenvalue weighted by molar-refractivity contribution is -0.137. The summed E-state index contributed by atoms with van der Waals surface area (Å²) in [6.45, 7) is 6.32. The van der Waals surface area contributed by atoms with Crippen LogP contribution in [0.2, 0.25) is 0 Å². The van der Waals surface area contributed by atoms with E-state index < -0.39 is 11.7 Å². The van der Waals surface area contributed by atoms with E-state index in [4.69, 9.17) is 9.94 Å². The maximum Gasteiger partial charge on any atom is 0.416 e. The number of carbonyl (C=O) groups is 1. The zero-order chi connectivity index (χ0) is 23.0. The lowest BCUT2D eigenvalue weighted by Gasteiger charge is -2.34. The van der Waals surface area contributed by atoms with E-state index in [1.54, 1.807) is 11.0 Å². The van der Waals surface area contributed by atoms with Crippen molar-refractivity contribution in [2.75, 3.05) is 59.0 Å². The molecule has 0 bridgehead atoms. The molecule has 0 aromatic heterocycles. The van der Waals surface area contributed by atoms with Crippen molar-refractivity contribution in [1.82, 2.24) is 20.2 Å². The maximum atomic E-state index is 12.8. The molecule has 2 heterocycles. The van der Waals surface area contributed by atoms with Crippen molar-refractivity contribution >= 4 is 5.91 Å². The van der Waals surface area contributed by atoms with Crippen molar-refractivity contribution in [3.63, 3.8) is 0 Å². The van der Waals surface area contributed by atoms with Crippen LogP contribution >= 0.6 is 0 Å². The Morgan fingerprint density at radius 2 is 1.81 bits per heavy atom. The predicted octanol–water partition coefficient (Wildman–Crippen LogP) is 1.84. The van der Waals surface area contributed by atoms with E-state index in [0.717, 1.165) is 50.6 Å². The molecular formula is C22H31F3N4O3. The third kappa shape index (κ3) is 7.47. The molecule has 0 spiro atoms. The number of hydrogen-bond acceptors (Lipinski definition) is 6. The van der Waals surface area contributed by atoms with Crippen LogP contribution in [-0.4, -0.2) is 84.7 Å². The van der Waals surface area contributed by atoms with Gasteiger partial charge in [0.2, 0.25) is 5.91 Å². The highest BCUT2D eigenvalue weighted by Gasteiger charge is 2.30. The summed E-state index contributed by atoms with van der Waals surface area (Å²) < 4.78 is 38.3. The molecule has 0 radical (unpaired) electrons. The fourth-order valence-corrected chi connectivity index (χ4v) is 3.83. The highest BCUT2D eigenvalue weighted by Crippen LogP contribution is 2.29. The minimum atomic E-state index is -4.38. The van der Waals surface area contributed by atoms with Gasteiger partial charge >= 0.3 is 6.18 Å². The van der Waals surface area contributed by atoms with E-state index >= 15 is 0 Å². The minimum Gasteiger partial charge on any atom is -0.395 e. The second-order valence-corrected chi connectivity index (χ2v) is 8.06. The van der Waals surface area contributed by atoms with Gasteiger partial charge in [-0.2, -0.15) is 13.2 Å². The first-order valence-corrected chi connectivity index (χ1v) is 10.9. The second-order valence-electron chi connectivity index (χ2n) is 8.06. The van der Waals surface area contributed by atoms with Crippen LogP contribution in [0.5, 0.6) is 0 Å². The third-order valence-corrected chi connectivity index (χ3v) is 5.78. The monoisotopic (exact) mass is 456 g/mol. The van der Waals surface area contributed by atoms with Crippen LogP contribution in [0.1, 0.15) is 24.0 Å². The number of β-amino-alcohol motifs (C(OH)–C–C–N with tert-alkyl or cyclic N) is 1. The van der Waals surface area contributed by atoms with Crippen molar-refractivity contribution < 1.29 is 27.9 Å². The fourth-order valence-electron chi connectivity index (χ4n) is 3.83. The Labute approximate surface area is 186 Å². The quantitative estimate of drug-likeness (QED) is 0.553. The van der Waals surface area contributed by atoms with E-state index in [9.17, 15) is 18.0 Å². The molecule has 1 aromatic rings. The van der Waals surface area contributed by atoms with E-state index in [1.165, 1.54) is 6.07 Å². The molecule has 7 nitrogen and oxygen atoms in total. The van der Waals surface area contributed by atoms with Gasteiger partial charge in [-0.1, -0.05) is 12.1 Å². The van der Waals surface area contributed by atoms with E-state index in [1.807, 2.05) is 6.08 Å². The lowest BCUT2D eigenvalue weighted by atomic mass is 10.1.